The number of hydrogen-bond donors (Lipinski definition) is 0. The summed E-state index contributed by atoms with van der Waals surface area (Å²) in [4.78, 5) is 2.25. The lowest BCUT2D eigenvalue weighted by Gasteiger charge is -2.26. The summed E-state index contributed by atoms with van der Waals surface area (Å²) in [5.41, 5.74) is 1.41. The van der Waals surface area contributed by atoms with Crippen molar-refractivity contribution in [2.45, 2.75) is 27.3 Å². The first-order valence-electron chi connectivity index (χ1n) is 5.40. The van der Waals surface area contributed by atoms with Crippen LogP contribution in [0.4, 0.5) is 4.39 Å². The van der Waals surface area contributed by atoms with Crippen LogP contribution < -0.4 is 0 Å². The summed E-state index contributed by atoms with van der Waals surface area (Å²) in [6.07, 6.45) is 0. The highest BCUT2D eigenvalue weighted by atomic mass is 79.9. The van der Waals surface area contributed by atoms with Crippen LogP contribution in [-0.4, -0.2) is 18.5 Å². The van der Waals surface area contributed by atoms with Crippen LogP contribution in [0.15, 0.2) is 22.7 Å². The summed E-state index contributed by atoms with van der Waals surface area (Å²) in [5, 5.41) is 0. The highest BCUT2D eigenvalue weighted by Gasteiger charge is 2.13. The molecule has 0 atom stereocenters. The fourth-order valence-corrected chi connectivity index (χ4v) is 2.24. The third-order valence-electron chi connectivity index (χ3n) is 2.18. The van der Waals surface area contributed by atoms with Crippen molar-refractivity contribution >= 4 is 15.9 Å². The van der Waals surface area contributed by atoms with Gasteiger partial charge in [-0.2, -0.15) is 0 Å². The minimum absolute atomic E-state index is 0.206. The normalized spacial score (nSPS) is 12.2. The van der Waals surface area contributed by atoms with Gasteiger partial charge in [0.25, 0.3) is 0 Å². The topological polar surface area (TPSA) is 3.24 Å². The van der Waals surface area contributed by atoms with Crippen LogP contribution in [0.2, 0.25) is 0 Å². The molecule has 90 valence electrons. The highest BCUT2D eigenvalue weighted by Crippen LogP contribution is 2.19. The standard InChI is InChI=1S/C13H19BrFN/c1-13(2,3)9-16(4)8-10-5-6-12(15)11(14)7-10/h5-7H,8-9H2,1-4H3. The van der Waals surface area contributed by atoms with E-state index in [4.69, 9.17) is 0 Å². The summed E-state index contributed by atoms with van der Waals surface area (Å²) in [6, 6.07) is 5.18. The Morgan fingerprint density at radius 2 is 1.94 bits per heavy atom. The van der Waals surface area contributed by atoms with Crippen LogP contribution in [-0.2, 0) is 6.54 Å². The van der Waals surface area contributed by atoms with E-state index in [1.807, 2.05) is 12.1 Å². The summed E-state index contributed by atoms with van der Waals surface area (Å²) < 4.78 is 13.6. The van der Waals surface area contributed by atoms with Crippen molar-refractivity contribution in [2.75, 3.05) is 13.6 Å². The molecule has 1 aromatic rings. The molecular formula is C13H19BrFN. The van der Waals surface area contributed by atoms with Crippen LogP contribution in [0.1, 0.15) is 26.3 Å². The molecule has 1 rings (SSSR count). The fraction of sp³-hybridized carbons (Fsp3) is 0.538. The third kappa shape index (κ3) is 4.62. The molecule has 0 unspecified atom stereocenters. The summed E-state index contributed by atoms with van der Waals surface area (Å²) in [7, 11) is 2.09. The molecule has 1 nitrogen and oxygen atoms in total. The average Bonchev–Trinajstić information content (AvgIpc) is 2.08. The first kappa shape index (κ1) is 13.7. The Balaban J connectivity index is 2.63. The van der Waals surface area contributed by atoms with Gasteiger partial charge in [-0.3, -0.25) is 0 Å². The monoisotopic (exact) mass is 287 g/mol. The van der Waals surface area contributed by atoms with Crippen molar-refractivity contribution in [1.29, 1.82) is 0 Å². The molecular weight excluding hydrogens is 269 g/mol. The van der Waals surface area contributed by atoms with Crippen molar-refractivity contribution in [1.82, 2.24) is 4.90 Å². The molecule has 16 heavy (non-hydrogen) atoms. The zero-order valence-electron chi connectivity index (χ0n) is 10.3. The zero-order valence-corrected chi connectivity index (χ0v) is 11.9. The van der Waals surface area contributed by atoms with Gasteiger partial charge in [-0.05, 0) is 46.1 Å². The Bertz CT molecular complexity index is 357. The van der Waals surface area contributed by atoms with Crippen molar-refractivity contribution < 1.29 is 4.39 Å². The lowest BCUT2D eigenvalue weighted by Crippen LogP contribution is -2.28. The first-order chi connectivity index (χ1) is 7.28. The maximum Gasteiger partial charge on any atom is 0.137 e. The lowest BCUT2D eigenvalue weighted by atomic mass is 9.96. The zero-order chi connectivity index (χ0) is 12.3. The minimum atomic E-state index is -0.206. The van der Waals surface area contributed by atoms with Gasteiger partial charge in [0.1, 0.15) is 5.82 Å². The largest absolute Gasteiger partial charge is 0.302 e. The number of nitrogens with zero attached hydrogens (tertiary/aromatic N) is 1. The van der Waals surface area contributed by atoms with Gasteiger partial charge < -0.3 is 4.90 Å². The minimum Gasteiger partial charge on any atom is -0.302 e. The SMILES string of the molecule is CN(Cc1ccc(F)c(Br)c1)CC(C)(C)C. The van der Waals surface area contributed by atoms with Crippen LogP contribution in [0.25, 0.3) is 0 Å². The number of rotatable bonds is 3. The van der Waals surface area contributed by atoms with E-state index >= 15 is 0 Å². The second-order valence-corrected chi connectivity index (χ2v) is 6.34. The molecule has 0 aliphatic rings. The summed E-state index contributed by atoms with van der Waals surface area (Å²) in [5.74, 6) is -0.206. The average molecular weight is 288 g/mol. The Morgan fingerprint density at radius 3 is 2.44 bits per heavy atom. The van der Waals surface area contributed by atoms with Gasteiger partial charge in [-0.15, -0.1) is 0 Å². The molecule has 0 aliphatic carbocycles. The van der Waals surface area contributed by atoms with Crippen molar-refractivity contribution in [2.24, 2.45) is 5.41 Å². The molecule has 0 radical (unpaired) electrons. The Morgan fingerprint density at radius 1 is 1.31 bits per heavy atom. The van der Waals surface area contributed by atoms with Crippen molar-refractivity contribution in [3.63, 3.8) is 0 Å². The number of halogens is 2. The molecule has 0 aliphatic heterocycles. The van der Waals surface area contributed by atoms with Gasteiger partial charge in [0.2, 0.25) is 0 Å². The number of hydrogen-bond acceptors (Lipinski definition) is 1. The number of benzene rings is 1. The molecule has 1 aromatic carbocycles. The van der Waals surface area contributed by atoms with Crippen LogP contribution in [0.5, 0.6) is 0 Å². The van der Waals surface area contributed by atoms with Crippen LogP contribution in [0.3, 0.4) is 0 Å². The van der Waals surface area contributed by atoms with E-state index < -0.39 is 0 Å². The Hall–Kier alpha value is -0.410. The van der Waals surface area contributed by atoms with Crippen LogP contribution in [0, 0.1) is 11.2 Å². The molecule has 0 heterocycles. The maximum atomic E-state index is 13.0. The van der Waals surface area contributed by atoms with E-state index in [9.17, 15) is 4.39 Å². The van der Waals surface area contributed by atoms with Gasteiger partial charge in [0.15, 0.2) is 0 Å². The van der Waals surface area contributed by atoms with E-state index in [0.29, 0.717) is 4.47 Å². The van der Waals surface area contributed by atoms with Crippen molar-refractivity contribution in [3.05, 3.63) is 34.1 Å². The van der Waals surface area contributed by atoms with Crippen molar-refractivity contribution in [3.8, 4) is 0 Å². The van der Waals surface area contributed by atoms with Gasteiger partial charge in [-0.1, -0.05) is 26.8 Å². The molecule has 0 N–H and O–H groups in total. The predicted molar refractivity (Wildman–Crippen MR) is 69.9 cm³/mol. The van der Waals surface area contributed by atoms with E-state index in [-0.39, 0.29) is 11.2 Å². The third-order valence-corrected chi connectivity index (χ3v) is 2.79. The smallest absolute Gasteiger partial charge is 0.137 e. The Kier molecular flexibility index (Phi) is 4.51. The molecule has 0 aromatic heterocycles. The van der Waals surface area contributed by atoms with E-state index in [1.165, 1.54) is 6.07 Å². The highest BCUT2D eigenvalue weighted by molar-refractivity contribution is 9.10. The van der Waals surface area contributed by atoms with E-state index in [1.54, 1.807) is 0 Å². The second-order valence-electron chi connectivity index (χ2n) is 5.48. The van der Waals surface area contributed by atoms with Crippen LogP contribution >= 0.6 is 15.9 Å². The van der Waals surface area contributed by atoms with Gasteiger partial charge >= 0.3 is 0 Å². The molecule has 0 fully saturated rings. The molecule has 0 amide bonds. The summed E-state index contributed by atoms with van der Waals surface area (Å²) >= 11 is 3.20. The maximum absolute atomic E-state index is 13.0. The lowest BCUT2D eigenvalue weighted by molar-refractivity contribution is 0.220. The quantitative estimate of drug-likeness (QED) is 0.810. The van der Waals surface area contributed by atoms with Gasteiger partial charge in [-0.25, -0.2) is 4.39 Å². The molecule has 0 saturated heterocycles. The molecule has 0 saturated carbocycles. The Labute approximate surface area is 106 Å². The molecule has 0 bridgehead atoms. The van der Waals surface area contributed by atoms with Gasteiger partial charge in [0, 0.05) is 13.1 Å². The summed E-state index contributed by atoms with van der Waals surface area (Å²) in [6.45, 7) is 8.50. The molecule has 3 heteroatoms. The van der Waals surface area contributed by atoms with Gasteiger partial charge in [0.05, 0.1) is 4.47 Å². The molecule has 0 spiro atoms. The second kappa shape index (κ2) is 5.28. The first-order valence-corrected chi connectivity index (χ1v) is 6.20. The fourth-order valence-electron chi connectivity index (χ4n) is 1.82. The van der Waals surface area contributed by atoms with E-state index in [0.717, 1.165) is 18.7 Å². The van der Waals surface area contributed by atoms with E-state index in [2.05, 4.69) is 48.6 Å². The predicted octanol–water partition coefficient (Wildman–Crippen LogP) is 4.07.